The second-order valence-corrected chi connectivity index (χ2v) is 7.24. The number of carbonyl (C=O) groups is 2. The molecule has 1 heterocycles. The standard InChI is InChI=1S/C21H25N3O2/c1-13(2)10-19-21(26)24-18-11-16(8-9-17(18)23-19)20(25)22-12-15-6-4-14(3)5-7-15/h4-9,11,13,19,23H,10,12H2,1-3H3,(H,22,25)(H,24,26). The van der Waals surface area contributed by atoms with Crippen molar-refractivity contribution in [2.75, 3.05) is 10.6 Å². The van der Waals surface area contributed by atoms with Crippen LogP contribution in [-0.2, 0) is 11.3 Å². The monoisotopic (exact) mass is 351 g/mol. The maximum atomic E-state index is 12.4. The van der Waals surface area contributed by atoms with Gasteiger partial charge in [0.25, 0.3) is 5.91 Å². The topological polar surface area (TPSA) is 70.2 Å². The lowest BCUT2D eigenvalue weighted by Crippen LogP contribution is -2.39. The molecule has 1 aliphatic heterocycles. The Balaban J connectivity index is 1.67. The van der Waals surface area contributed by atoms with Crippen LogP contribution in [0.2, 0.25) is 0 Å². The lowest BCUT2D eigenvalue weighted by Gasteiger charge is -2.28. The van der Waals surface area contributed by atoms with Crippen LogP contribution in [0.15, 0.2) is 42.5 Å². The van der Waals surface area contributed by atoms with E-state index in [1.807, 2.05) is 37.3 Å². The molecule has 0 aromatic heterocycles. The highest BCUT2D eigenvalue weighted by Gasteiger charge is 2.26. The van der Waals surface area contributed by atoms with Crippen LogP contribution in [0.25, 0.3) is 0 Å². The molecule has 0 spiro atoms. The van der Waals surface area contributed by atoms with Crippen molar-refractivity contribution >= 4 is 23.2 Å². The van der Waals surface area contributed by atoms with E-state index in [9.17, 15) is 9.59 Å². The number of hydrogen-bond donors (Lipinski definition) is 3. The Morgan fingerprint density at radius 2 is 1.85 bits per heavy atom. The van der Waals surface area contributed by atoms with Crippen LogP contribution < -0.4 is 16.0 Å². The molecule has 0 radical (unpaired) electrons. The molecule has 3 N–H and O–H groups in total. The van der Waals surface area contributed by atoms with Gasteiger partial charge in [-0.15, -0.1) is 0 Å². The summed E-state index contributed by atoms with van der Waals surface area (Å²) in [4.78, 5) is 24.7. The Hall–Kier alpha value is -2.82. The number of amides is 2. The van der Waals surface area contributed by atoms with Crippen LogP contribution in [-0.4, -0.2) is 17.9 Å². The molecule has 2 aromatic carbocycles. The second-order valence-electron chi connectivity index (χ2n) is 7.24. The number of benzene rings is 2. The van der Waals surface area contributed by atoms with Crippen LogP contribution in [0.1, 0.15) is 41.8 Å². The Bertz CT molecular complexity index is 813. The van der Waals surface area contributed by atoms with E-state index in [4.69, 9.17) is 0 Å². The molecule has 5 nitrogen and oxygen atoms in total. The van der Waals surface area contributed by atoms with Gasteiger partial charge in [-0.1, -0.05) is 43.7 Å². The first-order chi connectivity index (χ1) is 12.4. The van der Waals surface area contributed by atoms with Gasteiger partial charge in [-0.05, 0) is 43.0 Å². The number of fused-ring (bicyclic) bond motifs is 1. The molecule has 0 saturated heterocycles. The number of hydrogen-bond acceptors (Lipinski definition) is 3. The number of aryl methyl sites for hydroxylation is 1. The molecule has 3 rings (SSSR count). The average molecular weight is 351 g/mol. The SMILES string of the molecule is Cc1ccc(CNC(=O)c2ccc3c(c2)NC(=O)C(CC(C)C)N3)cc1. The Morgan fingerprint density at radius 3 is 2.54 bits per heavy atom. The van der Waals surface area contributed by atoms with Crippen LogP contribution in [0, 0.1) is 12.8 Å². The molecule has 2 amide bonds. The third kappa shape index (κ3) is 4.23. The first kappa shape index (κ1) is 18.0. The molecule has 26 heavy (non-hydrogen) atoms. The molecule has 2 aromatic rings. The van der Waals surface area contributed by atoms with Gasteiger partial charge in [0.1, 0.15) is 6.04 Å². The second kappa shape index (κ2) is 7.60. The van der Waals surface area contributed by atoms with Crippen LogP contribution in [0.4, 0.5) is 11.4 Å². The fourth-order valence-electron chi connectivity index (χ4n) is 3.02. The molecular weight excluding hydrogens is 326 g/mol. The van der Waals surface area contributed by atoms with Crippen molar-refractivity contribution in [3.05, 3.63) is 59.2 Å². The van der Waals surface area contributed by atoms with Crippen LogP contribution in [0.5, 0.6) is 0 Å². The highest BCUT2D eigenvalue weighted by Crippen LogP contribution is 2.29. The summed E-state index contributed by atoms with van der Waals surface area (Å²) in [6.07, 6.45) is 0.768. The van der Waals surface area contributed by atoms with E-state index in [0.29, 0.717) is 23.7 Å². The van der Waals surface area contributed by atoms with Gasteiger partial charge < -0.3 is 16.0 Å². The quantitative estimate of drug-likeness (QED) is 0.769. The van der Waals surface area contributed by atoms with Gasteiger partial charge in [-0.3, -0.25) is 9.59 Å². The summed E-state index contributed by atoms with van der Waals surface area (Å²) in [7, 11) is 0. The van der Waals surface area contributed by atoms with Gasteiger partial charge in [0.05, 0.1) is 11.4 Å². The maximum absolute atomic E-state index is 12.4. The molecule has 0 bridgehead atoms. The maximum Gasteiger partial charge on any atom is 0.251 e. The van der Waals surface area contributed by atoms with E-state index >= 15 is 0 Å². The molecule has 5 heteroatoms. The van der Waals surface area contributed by atoms with E-state index in [1.54, 1.807) is 12.1 Å². The van der Waals surface area contributed by atoms with Crippen molar-refractivity contribution in [1.29, 1.82) is 0 Å². The first-order valence-electron chi connectivity index (χ1n) is 8.97. The van der Waals surface area contributed by atoms with Gasteiger partial charge in [-0.2, -0.15) is 0 Å². The average Bonchev–Trinajstić information content (AvgIpc) is 2.61. The summed E-state index contributed by atoms with van der Waals surface area (Å²) >= 11 is 0. The number of anilines is 2. The zero-order valence-electron chi connectivity index (χ0n) is 15.4. The summed E-state index contributed by atoms with van der Waals surface area (Å²) in [5, 5.41) is 9.09. The third-order valence-corrected chi connectivity index (χ3v) is 4.47. The Labute approximate surface area is 154 Å². The fraction of sp³-hybridized carbons (Fsp3) is 0.333. The molecule has 1 aliphatic rings. The molecule has 1 atom stereocenters. The van der Waals surface area contributed by atoms with Gasteiger partial charge in [0, 0.05) is 12.1 Å². The smallest absolute Gasteiger partial charge is 0.251 e. The minimum absolute atomic E-state index is 0.0524. The molecule has 0 aliphatic carbocycles. The van der Waals surface area contributed by atoms with Gasteiger partial charge >= 0.3 is 0 Å². The normalized spacial score (nSPS) is 15.8. The Morgan fingerprint density at radius 1 is 1.12 bits per heavy atom. The van der Waals surface area contributed by atoms with Crippen LogP contribution in [0.3, 0.4) is 0 Å². The van der Waals surface area contributed by atoms with Gasteiger partial charge in [0.15, 0.2) is 0 Å². The number of nitrogens with one attached hydrogen (secondary N) is 3. The van der Waals surface area contributed by atoms with E-state index in [2.05, 4.69) is 29.8 Å². The van der Waals surface area contributed by atoms with E-state index < -0.39 is 0 Å². The highest BCUT2D eigenvalue weighted by atomic mass is 16.2. The van der Waals surface area contributed by atoms with Gasteiger partial charge in [0.2, 0.25) is 5.91 Å². The molecule has 136 valence electrons. The first-order valence-corrected chi connectivity index (χ1v) is 8.97. The molecule has 1 unspecified atom stereocenters. The van der Waals surface area contributed by atoms with Crippen molar-refractivity contribution in [2.24, 2.45) is 5.92 Å². The largest absolute Gasteiger partial charge is 0.372 e. The predicted octanol–water partition coefficient (Wildman–Crippen LogP) is 3.70. The lowest BCUT2D eigenvalue weighted by molar-refractivity contribution is -0.117. The van der Waals surface area contributed by atoms with Gasteiger partial charge in [-0.25, -0.2) is 0 Å². The number of carbonyl (C=O) groups excluding carboxylic acids is 2. The van der Waals surface area contributed by atoms with Crippen molar-refractivity contribution in [3.63, 3.8) is 0 Å². The highest BCUT2D eigenvalue weighted by molar-refractivity contribution is 6.05. The third-order valence-electron chi connectivity index (χ3n) is 4.47. The predicted molar refractivity (Wildman–Crippen MR) is 104 cm³/mol. The summed E-state index contributed by atoms with van der Waals surface area (Å²) in [6.45, 7) is 6.68. The molecule has 0 saturated carbocycles. The minimum atomic E-state index is -0.233. The Kier molecular flexibility index (Phi) is 5.26. The van der Waals surface area contributed by atoms with Crippen molar-refractivity contribution in [2.45, 2.75) is 39.8 Å². The zero-order chi connectivity index (χ0) is 18.7. The summed E-state index contributed by atoms with van der Waals surface area (Å²) < 4.78 is 0. The summed E-state index contributed by atoms with van der Waals surface area (Å²) in [5.74, 6) is 0.210. The molecule has 0 fully saturated rings. The van der Waals surface area contributed by atoms with Crippen LogP contribution >= 0.6 is 0 Å². The minimum Gasteiger partial charge on any atom is -0.372 e. The van der Waals surface area contributed by atoms with E-state index in [0.717, 1.165) is 17.7 Å². The van der Waals surface area contributed by atoms with E-state index in [1.165, 1.54) is 5.56 Å². The van der Waals surface area contributed by atoms with Crippen molar-refractivity contribution in [1.82, 2.24) is 5.32 Å². The summed E-state index contributed by atoms with van der Waals surface area (Å²) in [5.41, 5.74) is 4.27. The number of rotatable bonds is 5. The zero-order valence-corrected chi connectivity index (χ0v) is 15.4. The fourth-order valence-corrected chi connectivity index (χ4v) is 3.02. The van der Waals surface area contributed by atoms with E-state index in [-0.39, 0.29) is 17.9 Å². The van der Waals surface area contributed by atoms with Crippen molar-refractivity contribution < 1.29 is 9.59 Å². The molecular formula is C21H25N3O2. The summed E-state index contributed by atoms with van der Waals surface area (Å²) in [6, 6.07) is 13.2. The lowest BCUT2D eigenvalue weighted by atomic mass is 10.00. The van der Waals surface area contributed by atoms with Crippen molar-refractivity contribution in [3.8, 4) is 0 Å².